The van der Waals surface area contributed by atoms with Gasteiger partial charge in [0, 0.05) is 4.88 Å². The van der Waals surface area contributed by atoms with Crippen LogP contribution in [-0.2, 0) is 0 Å². The lowest BCUT2D eigenvalue weighted by atomic mass is 10.1. The Bertz CT molecular complexity index is 481. The summed E-state index contributed by atoms with van der Waals surface area (Å²) in [4.78, 5) is 1.10. The molecule has 1 heterocycles. The molecule has 0 aliphatic rings. The number of aromatic hydroxyl groups is 1. The monoisotopic (exact) mass is 397 g/mol. The summed E-state index contributed by atoms with van der Waals surface area (Å²) in [6.45, 7) is 0. The maximum Gasteiger partial charge on any atom is 0.143 e. The highest BCUT2D eigenvalue weighted by Crippen LogP contribution is 2.36. The zero-order valence-corrected chi connectivity index (χ0v) is 13.4. The standard InChI is InChI=1S/C11H9Br2NOS.ClH/c12-7-4-6(5-8(13)11(7)15)10(14)9-2-1-3-16-9;/h1-5,10,15H,14H2;1H/t10-;/m0./s1. The Morgan fingerprint density at radius 1 is 1.24 bits per heavy atom. The van der Waals surface area contributed by atoms with Crippen molar-refractivity contribution in [3.8, 4) is 5.75 Å². The van der Waals surface area contributed by atoms with Crippen LogP contribution in [0.4, 0.5) is 0 Å². The Hall–Kier alpha value is -0.0700. The molecule has 0 spiro atoms. The lowest BCUT2D eigenvalue weighted by molar-refractivity contribution is 0.468. The summed E-state index contributed by atoms with van der Waals surface area (Å²) in [5, 5.41) is 11.6. The minimum atomic E-state index is -0.159. The molecule has 2 aromatic rings. The molecule has 0 bridgehead atoms. The average Bonchev–Trinajstić information content (AvgIpc) is 2.77. The molecule has 92 valence electrons. The van der Waals surface area contributed by atoms with Crippen molar-refractivity contribution >= 4 is 55.6 Å². The van der Waals surface area contributed by atoms with E-state index >= 15 is 0 Å². The molecule has 2 rings (SSSR count). The summed E-state index contributed by atoms with van der Waals surface area (Å²) < 4.78 is 1.28. The van der Waals surface area contributed by atoms with Gasteiger partial charge < -0.3 is 10.8 Å². The molecule has 3 N–H and O–H groups in total. The molecule has 0 radical (unpaired) electrons. The van der Waals surface area contributed by atoms with Crippen LogP contribution in [0.15, 0.2) is 38.6 Å². The van der Waals surface area contributed by atoms with Crippen LogP contribution >= 0.6 is 55.6 Å². The van der Waals surface area contributed by atoms with E-state index in [9.17, 15) is 5.11 Å². The van der Waals surface area contributed by atoms with Crippen molar-refractivity contribution in [1.29, 1.82) is 0 Å². The van der Waals surface area contributed by atoms with E-state index in [-0.39, 0.29) is 24.2 Å². The van der Waals surface area contributed by atoms with Gasteiger partial charge in [-0.05, 0) is 61.0 Å². The van der Waals surface area contributed by atoms with Gasteiger partial charge in [-0.25, -0.2) is 0 Å². The van der Waals surface area contributed by atoms with Crippen molar-refractivity contribution in [1.82, 2.24) is 0 Å². The SMILES string of the molecule is Cl.N[C@@H](c1cc(Br)c(O)c(Br)c1)c1cccs1. The van der Waals surface area contributed by atoms with Crippen LogP contribution in [0.5, 0.6) is 5.75 Å². The number of thiophene rings is 1. The molecule has 0 fully saturated rings. The van der Waals surface area contributed by atoms with E-state index < -0.39 is 0 Å². The number of phenols is 1. The third kappa shape index (κ3) is 3.23. The molecule has 17 heavy (non-hydrogen) atoms. The third-order valence-corrected chi connectivity index (χ3v) is 4.41. The Labute approximate surface area is 127 Å². The second-order valence-electron chi connectivity index (χ2n) is 3.33. The summed E-state index contributed by atoms with van der Waals surface area (Å²) in [7, 11) is 0. The van der Waals surface area contributed by atoms with E-state index in [0.29, 0.717) is 8.95 Å². The van der Waals surface area contributed by atoms with E-state index in [1.165, 1.54) is 0 Å². The van der Waals surface area contributed by atoms with Gasteiger partial charge in [0.1, 0.15) is 5.75 Å². The van der Waals surface area contributed by atoms with Gasteiger partial charge in [0.15, 0.2) is 0 Å². The maximum absolute atomic E-state index is 9.61. The fourth-order valence-electron chi connectivity index (χ4n) is 1.40. The van der Waals surface area contributed by atoms with Crippen LogP contribution in [0.3, 0.4) is 0 Å². The zero-order valence-electron chi connectivity index (χ0n) is 8.56. The van der Waals surface area contributed by atoms with E-state index in [1.807, 2.05) is 29.6 Å². The Morgan fingerprint density at radius 3 is 2.29 bits per heavy atom. The van der Waals surface area contributed by atoms with Crippen molar-refractivity contribution < 1.29 is 5.11 Å². The quantitative estimate of drug-likeness (QED) is 0.784. The summed E-state index contributed by atoms with van der Waals surface area (Å²) in [5.41, 5.74) is 7.09. The van der Waals surface area contributed by atoms with Gasteiger partial charge in [0.25, 0.3) is 0 Å². The molecule has 0 unspecified atom stereocenters. The summed E-state index contributed by atoms with van der Waals surface area (Å²) in [5.74, 6) is 0.196. The largest absolute Gasteiger partial charge is 0.506 e. The van der Waals surface area contributed by atoms with Gasteiger partial charge in [-0.2, -0.15) is 0 Å². The van der Waals surface area contributed by atoms with Gasteiger partial charge >= 0.3 is 0 Å². The molecule has 0 amide bonds. The molecule has 6 heteroatoms. The average molecular weight is 400 g/mol. The fraction of sp³-hybridized carbons (Fsp3) is 0.0909. The van der Waals surface area contributed by atoms with E-state index in [0.717, 1.165) is 10.4 Å². The van der Waals surface area contributed by atoms with E-state index in [2.05, 4.69) is 31.9 Å². The van der Waals surface area contributed by atoms with Gasteiger partial charge in [-0.15, -0.1) is 23.7 Å². The molecule has 1 aromatic carbocycles. The molecule has 0 aliphatic heterocycles. The lowest BCUT2D eigenvalue weighted by Crippen LogP contribution is -2.10. The second kappa shape index (κ2) is 6.20. The normalized spacial score (nSPS) is 11.9. The van der Waals surface area contributed by atoms with Crippen molar-refractivity contribution in [3.05, 3.63) is 49.0 Å². The van der Waals surface area contributed by atoms with Crippen molar-refractivity contribution in [2.75, 3.05) is 0 Å². The Morgan fingerprint density at radius 2 is 1.82 bits per heavy atom. The highest BCUT2D eigenvalue weighted by Gasteiger charge is 2.13. The van der Waals surface area contributed by atoms with Crippen molar-refractivity contribution in [3.63, 3.8) is 0 Å². The molecule has 0 saturated carbocycles. The van der Waals surface area contributed by atoms with Crippen LogP contribution in [0, 0.1) is 0 Å². The van der Waals surface area contributed by atoms with Crippen LogP contribution in [0.2, 0.25) is 0 Å². The maximum atomic E-state index is 9.61. The van der Waals surface area contributed by atoms with Crippen LogP contribution in [0.25, 0.3) is 0 Å². The molecule has 0 saturated heterocycles. The highest BCUT2D eigenvalue weighted by molar-refractivity contribution is 9.11. The predicted octanol–water partition coefficient (Wildman–Crippen LogP) is 4.45. The first-order valence-electron chi connectivity index (χ1n) is 4.56. The number of halogens is 3. The van der Waals surface area contributed by atoms with Gasteiger partial charge in [0.2, 0.25) is 0 Å². The lowest BCUT2D eigenvalue weighted by Gasteiger charge is -2.12. The highest BCUT2D eigenvalue weighted by atomic mass is 79.9. The van der Waals surface area contributed by atoms with Gasteiger partial charge in [-0.3, -0.25) is 0 Å². The molecular formula is C11H10Br2ClNOS. The molecule has 1 atom stereocenters. The summed E-state index contributed by atoms with van der Waals surface area (Å²) in [6, 6.07) is 7.50. The minimum absolute atomic E-state index is 0. The van der Waals surface area contributed by atoms with Gasteiger partial charge in [-0.1, -0.05) is 6.07 Å². The summed E-state index contributed by atoms with van der Waals surface area (Å²) in [6.07, 6.45) is 0. The minimum Gasteiger partial charge on any atom is -0.506 e. The van der Waals surface area contributed by atoms with E-state index in [1.54, 1.807) is 11.3 Å². The smallest absolute Gasteiger partial charge is 0.143 e. The first-order chi connectivity index (χ1) is 7.59. The number of benzene rings is 1. The molecule has 1 aromatic heterocycles. The second-order valence-corrected chi connectivity index (χ2v) is 6.01. The Balaban J connectivity index is 0.00000144. The fourth-order valence-corrected chi connectivity index (χ4v) is 3.37. The van der Waals surface area contributed by atoms with Gasteiger partial charge in [0.05, 0.1) is 15.0 Å². The number of rotatable bonds is 2. The van der Waals surface area contributed by atoms with Crippen LogP contribution in [-0.4, -0.2) is 5.11 Å². The molecule has 0 aliphatic carbocycles. The van der Waals surface area contributed by atoms with Crippen molar-refractivity contribution in [2.45, 2.75) is 6.04 Å². The predicted molar refractivity (Wildman–Crippen MR) is 81.1 cm³/mol. The third-order valence-electron chi connectivity index (χ3n) is 2.25. The van der Waals surface area contributed by atoms with Crippen LogP contribution in [0.1, 0.15) is 16.5 Å². The zero-order chi connectivity index (χ0) is 11.7. The van der Waals surface area contributed by atoms with Crippen LogP contribution < -0.4 is 5.73 Å². The number of nitrogens with two attached hydrogens (primary N) is 1. The summed E-state index contributed by atoms with van der Waals surface area (Å²) >= 11 is 8.22. The molecule has 2 nitrogen and oxygen atoms in total. The topological polar surface area (TPSA) is 46.2 Å². The first-order valence-corrected chi connectivity index (χ1v) is 7.03. The number of hydrogen-bond acceptors (Lipinski definition) is 3. The molecular weight excluding hydrogens is 389 g/mol. The number of phenolic OH excluding ortho intramolecular Hbond substituents is 1. The Kier molecular flexibility index (Phi) is 5.47. The van der Waals surface area contributed by atoms with Crippen molar-refractivity contribution in [2.24, 2.45) is 5.73 Å². The van der Waals surface area contributed by atoms with E-state index in [4.69, 9.17) is 5.73 Å². The number of hydrogen-bond donors (Lipinski definition) is 2. The first kappa shape index (κ1) is 15.0.